The Hall–Kier alpha value is -1.75. The molecule has 2 heterocycles. The maximum absolute atomic E-state index is 5.29. The second-order valence-corrected chi connectivity index (χ2v) is 4.54. The van der Waals surface area contributed by atoms with Crippen molar-refractivity contribution in [2.24, 2.45) is 0 Å². The van der Waals surface area contributed by atoms with E-state index in [1.165, 1.54) is 0 Å². The minimum absolute atomic E-state index is 0.327. The van der Waals surface area contributed by atoms with Crippen molar-refractivity contribution >= 4 is 0 Å². The molecule has 0 aliphatic carbocycles. The van der Waals surface area contributed by atoms with Crippen LogP contribution in [0.2, 0.25) is 0 Å². The number of aromatic nitrogens is 3. The highest BCUT2D eigenvalue weighted by Gasteiger charge is 2.14. The van der Waals surface area contributed by atoms with Crippen LogP contribution in [0.5, 0.6) is 0 Å². The fraction of sp³-hybridized carbons (Fsp3) is 0.500. The van der Waals surface area contributed by atoms with Crippen LogP contribution in [0, 0.1) is 0 Å². The monoisotopic (exact) mass is 260 g/mol. The first-order chi connectivity index (χ1) is 9.24. The Labute approximate surface area is 113 Å². The van der Waals surface area contributed by atoms with Gasteiger partial charge in [0.25, 0.3) is 0 Å². The van der Waals surface area contributed by atoms with Gasteiger partial charge in [0.2, 0.25) is 11.7 Å². The molecule has 0 aliphatic heterocycles. The predicted molar refractivity (Wildman–Crippen MR) is 73.7 cm³/mol. The summed E-state index contributed by atoms with van der Waals surface area (Å²) in [5, 5.41) is 7.35. The van der Waals surface area contributed by atoms with Crippen LogP contribution in [0.15, 0.2) is 22.9 Å². The highest BCUT2D eigenvalue weighted by Crippen LogP contribution is 2.18. The molecular formula is C14H20N4O. The maximum atomic E-state index is 5.29. The zero-order valence-electron chi connectivity index (χ0n) is 11.7. The highest BCUT2D eigenvalue weighted by atomic mass is 16.5. The van der Waals surface area contributed by atoms with E-state index < -0.39 is 0 Å². The summed E-state index contributed by atoms with van der Waals surface area (Å²) in [4.78, 5) is 8.78. The van der Waals surface area contributed by atoms with E-state index in [2.05, 4.69) is 41.2 Å². The lowest BCUT2D eigenvalue weighted by molar-refractivity contribution is 0.363. The van der Waals surface area contributed by atoms with Crippen LogP contribution in [0.3, 0.4) is 0 Å². The molecule has 2 rings (SSSR count). The largest absolute Gasteiger partial charge is 0.339 e. The van der Waals surface area contributed by atoms with Crippen LogP contribution < -0.4 is 5.32 Å². The number of rotatable bonds is 6. The van der Waals surface area contributed by atoms with Crippen molar-refractivity contribution in [2.75, 3.05) is 6.54 Å². The Balaban J connectivity index is 2.16. The Morgan fingerprint density at radius 3 is 2.95 bits per heavy atom. The van der Waals surface area contributed by atoms with Gasteiger partial charge in [-0.1, -0.05) is 25.1 Å². The van der Waals surface area contributed by atoms with E-state index in [-0.39, 0.29) is 0 Å². The highest BCUT2D eigenvalue weighted by molar-refractivity contribution is 5.53. The number of hydrogen-bond donors (Lipinski definition) is 1. The van der Waals surface area contributed by atoms with Crippen LogP contribution in [0.25, 0.3) is 11.5 Å². The Morgan fingerprint density at radius 2 is 2.21 bits per heavy atom. The average Bonchev–Trinajstić information content (AvgIpc) is 2.87. The first-order valence-corrected chi connectivity index (χ1v) is 6.74. The maximum Gasteiger partial charge on any atom is 0.228 e. The van der Waals surface area contributed by atoms with E-state index >= 15 is 0 Å². The molecule has 5 heteroatoms. The summed E-state index contributed by atoms with van der Waals surface area (Å²) in [6.07, 6.45) is 3.39. The summed E-state index contributed by atoms with van der Waals surface area (Å²) < 4.78 is 5.29. The number of likely N-dealkylation sites (N-methyl/N-ethyl adjacent to an activating group) is 1. The molecule has 1 N–H and O–H groups in total. The van der Waals surface area contributed by atoms with Crippen LogP contribution in [-0.2, 0) is 12.8 Å². The fourth-order valence-electron chi connectivity index (χ4n) is 2.04. The van der Waals surface area contributed by atoms with Gasteiger partial charge in [0.05, 0.1) is 0 Å². The van der Waals surface area contributed by atoms with Gasteiger partial charge >= 0.3 is 0 Å². The second-order valence-electron chi connectivity index (χ2n) is 4.54. The molecule has 0 radical (unpaired) electrons. The summed E-state index contributed by atoms with van der Waals surface area (Å²) in [6, 6.07) is 4.30. The third-order valence-corrected chi connectivity index (χ3v) is 2.99. The molecule has 1 atom stereocenters. The van der Waals surface area contributed by atoms with Gasteiger partial charge in [-0.05, 0) is 31.5 Å². The molecule has 2 aromatic heterocycles. The van der Waals surface area contributed by atoms with Crippen molar-refractivity contribution in [3.8, 4) is 11.5 Å². The van der Waals surface area contributed by atoms with Gasteiger partial charge in [-0.2, -0.15) is 4.98 Å². The molecule has 0 saturated carbocycles. The minimum Gasteiger partial charge on any atom is -0.339 e. The lowest BCUT2D eigenvalue weighted by Crippen LogP contribution is -2.27. The van der Waals surface area contributed by atoms with E-state index in [0.29, 0.717) is 17.8 Å². The number of nitrogens with one attached hydrogen (secondary N) is 1. The summed E-state index contributed by atoms with van der Waals surface area (Å²) in [5.74, 6) is 1.23. The van der Waals surface area contributed by atoms with E-state index in [1.54, 1.807) is 6.20 Å². The summed E-state index contributed by atoms with van der Waals surface area (Å²) in [7, 11) is 0. The third-order valence-electron chi connectivity index (χ3n) is 2.99. The number of hydrogen-bond acceptors (Lipinski definition) is 5. The van der Waals surface area contributed by atoms with Gasteiger partial charge in [0.15, 0.2) is 0 Å². The van der Waals surface area contributed by atoms with Crippen LogP contribution in [0.4, 0.5) is 0 Å². The molecule has 0 fully saturated rings. The van der Waals surface area contributed by atoms with Crippen molar-refractivity contribution in [1.82, 2.24) is 20.4 Å². The SMILES string of the molecule is CCNC(C)Cc1nc(-c2ncccc2CC)no1. The Bertz CT molecular complexity index is 524. The molecule has 0 saturated heterocycles. The van der Waals surface area contributed by atoms with Crippen LogP contribution >= 0.6 is 0 Å². The topological polar surface area (TPSA) is 63.8 Å². The van der Waals surface area contributed by atoms with Crippen molar-refractivity contribution in [3.05, 3.63) is 29.8 Å². The van der Waals surface area contributed by atoms with Crippen LogP contribution in [0.1, 0.15) is 32.2 Å². The summed E-state index contributed by atoms with van der Waals surface area (Å²) in [6.45, 7) is 7.21. The summed E-state index contributed by atoms with van der Waals surface area (Å²) >= 11 is 0. The first kappa shape index (κ1) is 13.7. The molecule has 1 unspecified atom stereocenters. The molecular weight excluding hydrogens is 240 g/mol. The van der Waals surface area contributed by atoms with Crippen molar-refractivity contribution in [2.45, 2.75) is 39.7 Å². The zero-order valence-corrected chi connectivity index (χ0v) is 11.7. The molecule has 0 spiro atoms. The molecule has 5 nitrogen and oxygen atoms in total. The standard InChI is InChI=1S/C14H20N4O/c1-4-11-7-6-8-16-13(11)14-17-12(19-18-14)9-10(3)15-5-2/h6-8,10,15H,4-5,9H2,1-3H3. The minimum atomic E-state index is 0.327. The molecule has 0 aliphatic rings. The second kappa shape index (κ2) is 6.43. The summed E-state index contributed by atoms with van der Waals surface area (Å²) in [5.41, 5.74) is 1.95. The zero-order chi connectivity index (χ0) is 13.7. The molecule has 0 amide bonds. The van der Waals surface area contributed by atoms with Gasteiger partial charge in [0.1, 0.15) is 5.69 Å². The number of aryl methyl sites for hydroxylation is 1. The van der Waals surface area contributed by atoms with E-state index in [4.69, 9.17) is 4.52 Å². The van der Waals surface area contributed by atoms with E-state index in [1.807, 2.05) is 12.1 Å². The predicted octanol–water partition coefficient (Wildman–Crippen LogP) is 2.23. The molecule has 0 bridgehead atoms. The quantitative estimate of drug-likeness (QED) is 0.863. The molecule has 19 heavy (non-hydrogen) atoms. The Morgan fingerprint density at radius 1 is 1.37 bits per heavy atom. The molecule has 2 aromatic rings. The lowest BCUT2D eigenvalue weighted by Gasteiger charge is -2.07. The Kier molecular flexibility index (Phi) is 4.63. The van der Waals surface area contributed by atoms with Crippen LogP contribution in [-0.4, -0.2) is 27.7 Å². The fourth-order valence-corrected chi connectivity index (χ4v) is 2.04. The normalized spacial score (nSPS) is 12.6. The molecule has 0 aromatic carbocycles. The van der Waals surface area contributed by atoms with E-state index in [9.17, 15) is 0 Å². The molecule has 102 valence electrons. The van der Waals surface area contributed by atoms with Gasteiger partial charge < -0.3 is 9.84 Å². The smallest absolute Gasteiger partial charge is 0.228 e. The van der Waals surface area contributed by atoms with Gasteiger partial charge in [-0.25, -0.2) is 0 Å². The van der Waals surface area contributed by atoms with E-state index in [0.717, 1.165) is 30.6 Å². The third kappa shape index (κ3) is 3.38. The van der Waals surface area contributed by atoms with Crippen molar-refractivity contribution < 1.29 is 4.52 Å². The van der Waals surface area contributed by atoms with Crippen molar-refractivity contribution in [3.63, 3.8) is 0 Å². The van der Waals surface area contributed by atoms with Crippen molar-refractivity contribution in [1.29, 1.82) is 0 Å². The van der Waals surface area contributed by atoms with Gasteiger partial charge in [-0.15, -0.1) is 0 Å². The van der Waals surface area contributed by atoms with Gasteiger partial charge in [0, 0.05) is 18.7 Å². The average molecular weight is 260 g/mol. The lowest BCUT2D eigenvalue weighted by atomic mass is 10.1. The number of nitrogens with zero attached hydrogens (tertiary/aromatic N) is 3. The van der Waals surface area contributed by atoms with Gasteiger partial charge in [-0.3, -0.25) is 4.98 Å². The number of pyridine rings is 1. The first-order valence-electron chi connectivity index (χ1n) is 6.74.